The number of hydrogen-bond acceptors (Lipinski definition) is 3. The van der Waals surface area contributed by atoms with Gasteiger partial charge in [0, 0.05) is 19.6 Å². The summed E-state index contributed by atoms with van der Waals surface area (Å²) >= 11 is 0. The minimum absolute atomic E-state index is 0.0285. The molecule has 0 amide bonds. The number of rotatable bonds is 7. The van der Waals surface area contributed by atoms with Crippen LogP contribution in [0.25, 0.3) is 0 Å². The first-order chi connectivity index (χ1) is 14.6. The Hall–Kier alpha value is -2.54. The minimum Gasteiger partial charge on any atom is -0.488 e. The van der Waals surface area contributed by atoms with Crippen LogP contribution in [-0.2, 0) is 24.1 Å². The molecule has 0 unspecified atom stereocenters. The monoisotopic (exact) mass is 433 g/mol. The van der Waals surface area contributed by atoms with Gasteiger partial charge in [-0.15, -0.1) is 0 Å². The summed E-state index contributed by atoms with van der Waals surface area (Å²) in [6.45, 7) is 5.66. The largest absolute Gasteiger partial charge is 0.488 e. The summed E-state index contributed by atoms with van der Waals surface area (Å²) in [7, 11) is 0. The normalized spacial score (nSPS) is 17.5. The van der Waals surface area contributed by atoms with Crippen molar-refractivity contribution in [1.82, 2.24) is 4.90 Å². The molecule has 0 atom stereocenters. The van der Waals surface area contributed by atoms with Gasteiger partial charge < -0.3 is 9.84 Å². The summed E-state index contributed by atoms with van der Waals surface area (Å²) in [5.41, 5.74) is 3.24. The molecular weight excluding hydrogens is 407 g/mol. The van der Waals surface area contributed by atoms with Gasteiger partial charge in [0.25, 0.3) is 0 Å². The van der Waals surface area contributed by atoms with Gasteiger partial charge in [-0.3, -0.25) is 9.69 Å². The van der Waals surface area contributed by atoms with E-state index in [0.717, 1.165) is 29.5 Å². The van der Waals surface area contributed by atoms with E-state index in [0.29, 0.717) is 36.5 Å². The molecule has 0 spiro atoms. The van der Waals surface area contributed by atoms with Crippen LogP contribution in [0, 0.1) is 19.8 Å². The second-order valence-electron chi connectivity index (χ2n) is 8.77. The third-order valence-electron chi connectivity index (χ3n) is 6.06. The highest BCUT2D eigenvalue weighted by Crippen LogP contribution is 2.46. The summed E-state index contributed by atoms with van der Waals surface area (Å²) in [5, 5.41) is 9.00. The van der Waals surface area contributed by atoms with Gasteiger partial charge in [-0.2, -0.15) is 13.2 Å². The van der Waals surface area contributed by atoms with Crippen LogP contribution in [0.4, 0.5) is 13.2 Å². The highest BCUT2D eigenvalue weighted by atomic mass is 19.4. The van der Waals surface area contributed by atoms with Crippen LogP contribution in [0.3, 0.4) is 0 Å². The number of carbonyl (C=O) groups is 1. The molecule has 2 aromatic rings. The van der Waals surface area contributed by atoms with Crippen LogP contribution in [0.5, 0.6) is 5.75 Å². The van der Waals surface area contributed by atoms with E-state index < -0.39 is 17.7 Å². The fraction of sp³-hybridized carbons (Fsp3) is 0.458. The van der Waals surface area contributed by atoms with E-state index in [1.54, 1.807) is 12.1 Å². The maximum Gasteiger partial charge on any atom is 0.416 e. The van der Waals surface area contributed by atoms with Crippen LogP contribution < -0.4 is 4.74 Å². The molecule has 2 aromatic carbocycles. The van der Waals surface area contributed by atoms with Crippen molar-refractivity contribution in [1.29, 1.82) is 0 Å². The number of aryl methyl sites for hydroxylation is 2. The molecule has 1 saturated heterocycles. The average molecular weight is 433 g/mol. The predicted octanol–water partition coefficient (Wildman–Crippen LogP) is 5.30. The van der Waals surface area contributed by atoms with Crippen molar-refractivity contribution >= 4 is 5.97 Å². The number of alkyl halides is 3. The van der Waals surface area contributed by atoms with Gasteiger partial charge in [-0.05, 0) is 66.5 Å². The molecule has 1 N–H and O–H groups in total. The number of halogens is 3. The highest BCUT2D eigenvalue weighted by molar-refractivity contribution is 5.71. The molecule has 4 rings (SSSR count). The molecule has 1 aliphatic carbocycles. The predicted molar refractivity (Wildman–Crippen MR) is 110 cm³/mol. The third kappa shape index (κ3) is 4.87. The van der Waals surface area contributed by atoms with Crippen molar-refractivity contribution in [2.45, 2.75) is 51.9 Å². The SMILES string of the molecule is Cc1cc(CN2CC(C(=O)O)C2)cc(C)c1OCc1ccc(C2CC2)c(C(F)(F)F)c1. The zero-order valence-electron chi connectivity index (χ0n) is 17.6. The standard InChI is InChI=1S/C24H26F3NO3/c1-14-7-17(10-28-11-19(12-28)23(29)30)8-15(2)22(14)31-13-16-3-6-20(18-4-5-18)21(9-16)24(25,26)27/h3,6-9,18-19H,4-5,10-13H2,1-2H3,(H,29,30). The van der Waals surface area contributed by atoms with E-state index in [9.17, 15) is 18.0 Å². The molecule has 7 heteroatoms. The number of likely N-dealkylation sites (tertiary alicyclic amines) is 1. The van der Waals surface area contributed by atoms with Crippen molar-refractivity contribution < 1.29 is 27.8 Å². The lowest BCUT2D eigenvalue weighted by Crippen LogP contribution is -2.49. The van der Waals surface area contributed by atoms with E-state index in [2.05, 4.69) is 4.90 Å². The van der Waals surface area contributed by atoms with Gasteiger partial charge in [0.1, 0.15) is 12.4 Å². The van der Waals surface area contributed by atoms with Crippen molar-refractivity contribution in [3.8, 4) is 5.75 Å². The highest BCUT2D eigenvalue weighted by Gasteiger charge is 2.38. The second kappa shape index (κ2) is 8.19. The summed E-state index contributed by atoms with van der Waals surface area (Å²) in [4.78, 5) is 13.0. The molecular formula is C24H26F3NO3. The molecule has 2 fully saturated rings. The molecule has 1 aliphatic heterocycles. The molecule has 0 bridgehead atoms. The van der Waals surface area contributed by atoms with Gasteiger partial charge in [0.15, 0.2) is 0 Å². The second-order valence-corrected chi connectivity index (χ2v) is 8.77. The maximum atomic E-state index is 13.5. The van der Waals surface area contributed by atoms with Gasteiger partial charge in [-0.25, -0.2) is 0 Å². The van der Waals surface area contributed by atoms with E-state index in [1.807, 2.05) is 26.0 Å². The van der Waals surface area contributed by atoms with Crippen LogP contribution in [-0.4, -0.2) is 29.1 Å². The molecule has 1 saturated carbocycles. The average Bonchev–Trinajstić information content (AvgIpc) is 3.47. The molecule has 31 heavy (non-hydrogen) atoms. The van der Waals surface area contributed by atoms with Crippen LogP contribution in [0.15, 0.2) is 30.3 Å². The van der Waals surface area contributed by atoms with E-state index in [-0.39, 0.29) is 18.4 Å². The Morgan fingerprint density at radius 1 is 1.10 bits per heavy atom. The number of ether oxygens (including phenoxy) is 1. The summed E-state index contributed by atoms with van der Waals surface area (Å²) in [6, 6.07) is 8.53. The molecule has 2 aliphatic rings. The zero-order valence-corrected chi connectivity index (χ0v) is 17.6. The fourth-order valence-corrected chi connectivity index (χ4v) is 4.32. The summed E-state index contributed by atoms with van der Waals surface area (Å²) in [6.07, 6.45) is -2.73. The Balaban J connectivity index is 1.43. The van der Waals surface area contributed by atoms with Gasteiger partial charge in [0.2, 0.25) is 0 Å². The minimum atomic E-state index is -4.36. The number of hydrogen-bond donors (Lipinski definition) is 1. The molecule has 0 radical (unpaired) electrons. The van der Waals surface area contributed by atoms with Crippen molar-refractivity contribution in [3.05, 3.63) is 63.7 Å². The molecule has 4 nitrogen and oxygen atoms in total. The van der Waals surface area contributed by atoms with E-state index in [1.165, 1.54) is 6.07 Å². The van der Waals surface area contributed by atoms with Crippen LogP contribution in [0.1, 0.15) is 52.1 Å². The van der Waals surface area contributed by atoms with Crippen molar-refractivity contribution in [2.75, 3.05) is 13.1 Å². The number of carboxylic acid groups (broad SMARTS) is 1. The first kappa shape index (κ1) is 21.7. The quantitative estimate of drug-likeness (QED) is 0.644. The Labute approximate surface area is 179 Å². The maximum absolute atomic E-state index is 13.5. The summed E-state index contributed by atoms with van der Waals surface area (Å²) < 4.78 is 46.4. The first-order valence-corrected chi connectivity index (χ1v) is 10.5. The fourth-order valence-electron chi connectivity index (χ4n) is 4.32. The Bertz CT molecular complexity index is 969. The van der Waals surface area contributed by atoms with E-state index in [4.69, 9.17) is 9.84 Å². The Morgan fingerprint density at radius 3 is 2.29 bits per heavy atom. The van der Waals surface area contributed by atoms with Gasteiger partial charge >= 0.3 is 12.1 Å². The summed E-state index contributed by atoms with van der Waals surface area (Å²) in [5.74, 6) is -0.347. The van der Waals surface area contributed by atoms with Crippen molar-refractivity contribution in [2.24, 2.45) is 5.92 Å². The smallest absolute Gasteiger partial charge is 0.416 e. The lowest BCUT2D eigenvalue weighted by molar-refractivity contribution is -0.147. The van der Waals surface area contributed by atoms with Gasteiger partial charge in [-0.1, -0.05) is 24.3 Å². The van der Waals surface area contributed by atoms with E-state index >= 15 is 0 Å². The Morgan fingerprint density at radius 2 is 1.74 bits per heavy atom. The number of nitrogens with zero attached hydrogens (tertiary/aromatic N) is 1. The number of carboxylic acids is 1. The molecule has 1 heterocycles. The van der Waals surface area contributed by atoms with Crippen LogP contribution >= 0.6 is 0 Å². The lowest BCUT2D eigenvalue weighted by Gasteiger charge is -2.36. The van der Waals surface area contributed by atoms with Gasteiger partial charge in [0.05, 0.1) is 11.5 Å². The Kier molecular flexibility index (Phi) is 5.73. The number of benzene rings is 2. The van der Waals surface area contributed by atoms with Crippen molar-refractivity contribution in [3.63, 3.8) is 0 Å². The topological polar surface area (TPSA) is 49.8 Å². The number of aliphatic carboxylic acids is 1. The molecule has 0 aromatic heterocycles. The zero-order chi connectivity index (χ0) is 22.3. The first-order valence-electron chi connectivity index (χ1n) is 10.5. The van der Waals surface area contributed by atoms with Crippen LogP contribution in [0.2, 0.25) is 0 Å². The lowest BCUT2D eigenvalue weighted by atomic mass is 9.98. The molecule has 166 valence electrons. The third-order valence-corrected chi connectivity index (χ3v) is 6.06.